The highest BCUT2D eigenvalue weighted by Gasteiger charge is 2.85. The van der Waals surface area contributed by atoms with Crippen LogP contribution in [0.2, 0.25) is 0 Å². The fraction of sp³-hybridized carbons (Fsp3) is 0.800. The molecule has 0 aromatic heterocycles. The van der Waals surface area contributed by atoms with E-state index in [0.29, 0.717) is 0 Å². The van der Waals surface area contributed by atoms with Gasteiger partial charge in [-0.15, -0.1) is 0 Å². The summed E-state index contributed by atoms with van der Waals surface area (Å²) >= 11 is 0. The van der Waals surface area contributed by atoms with Crippen LogP contribution < -0.4 is 5.48 Å². The predicted molar refractivity (Wildman–Crippen MR) is 52.8 cm³/mol. The van der Waals surface area contributed by atoms with Gasteiger partial charge in [0.1, 0.15) is 0 Å². The maximum atomic E-state index is 11.8. The van der Waals surface area contributed by atoms with Gasteiger partial charge in [0.25, 0.3) is 5.91 Å². The number of nitrogens with one attached hydrogen (secondary N) is 1. The van der Waals surface area contributed by atoms with Gasteiger partial charge in [0.15, 0.2) is 5.41 Å². The lowest BCUT2D eigenvalue weighted by molar-refractivity contribution is -0.156. The molecule has 0 heterocycles. The van der Waals surface area contributed by atoms with E-state index in [1.54, 1.807) is 27.7 Å². The number of hydrogen-bond donors (Lipinski definition) is 2. The van der Waals surface area contributed by atoms with Crippen molar-refractivity contribution in [1.29, 1.82) is 0 Å². The topological polar surface area (TPSA) is 75.6 Å². The third-order valence-electron chi connectivity index (χ3n) is 4.23. The largest absolute Gasteiger partial charge is 0.480 e. The highest BCUT2D eigenvalue weighted by molar-refractivity contribution is 6.07. The normalized spacial score (nSPS) is 24.3. The van der Waals surface area contributed by atoms with E-state index < -0.39 is 28.1 Å². The second kappa shape index (κ2) is 2.95. The molecule has 1 fully saturated rings. The van der Waals surface area contributed by atoms with Crippen LogP contribution in [0.15, 0.2) is 0 Å². The van der Waals surface area contributed by atoms with Gasteiger partial charge in [-0.2, -0.15) is 0 Å². The summed E-state index contributed by atoms with van der Waals surface area (Å²) in [5.41, 5.74) is -0.463. The van der Waals surface area contributed by atoms with Crippen LogP contribution in [0.4, 0.5) is 0 Å². The maximum Gasteiger partial charge on any atom is 0.320 e. The summed E-state index contributed by atoms with van der Waals surface area (Å²) in [6.45, 7) is 7.10. The van der Waals surface area contributed by atoms with Gasteiger partial charge in [0.2, 0.25) is 0 Å². The van der Waals surface area contributed by atoms with Crippen LogP contribution in [0.3, 0.4) is 0 Å². The molecule has 1 amide bonds. The Bertz CT molecular complexity index is 305. The van der Waals surface area contributed by atoms with Gasteiger partial charge in [-0.3, -0.25) is 14.4 Å². The fourth-order valence-electron chi connectivity index (χ4n) is 2.68. The highest BCUT2D eigenvalue weighted by Crippen LogP contribution is 2.77. The lowest BCUT2D eigenvalue weighted by atomic mass is 9.94. The fourth-order valence-corrected chi connectivity index (χ4v) is 2.68. The summed E-state index contributed by atoms with van der Waals surface area (Å²) < 4.78 is 0. The Kier molecular flexibility index (Phi) is 2.35. The molecule has 15 heavy (non-hydrogen) atoms. The van der Waals surface area contributed by atoms with Crippen LogP contribution in [0.5, 0.6) is 0 Å². The number of rotatable bonds is 3. The monoisotopic (exact) mass is 215 g/mol. The highest BCUT2D eigenvalue weighted by atomic mass is 16.6. The minimum Gasteiger partial charge on any atom is -0.480 e. The molecule has 0 aromatic rings. The Labute approximate surface area is 88.8 Å². The zero-order valence-corrected chi connectivity index (χ0v) is 9.67. The minimum absolute atomic E-state index is 0.589. The zero-order valence-electron chi connectivity index (χ0n) is 9.67. The molecule has 5 nitrogen and oxygen atoms in total. The van der Waals surface area contributed by atoms with Crippen molar-refractivity contribution in [3.63, 3.8) is 0 Å². The van der Waals surface area contributed by atoms with E-state index in [2.05, 4.69) is 10.3 Å². The quantitative estimate of drug-likeness (QED) is 0.539. The van der Waals surface area contributed by atoms with Gasteiger partial charge in [0, 0.05) is 0 Å². The van der Waals surface area contributed by atoms with Crippen molar-refractivity contribution < 1.29 is 19.5 Å². The minimum atomic E-state index is -1.41. The van der Waals surface area contributed by atoms with Crippen molar-refractivity contribution in [3.8, 4) is 0 Å². The van der Waals surface area contributed by atoms with Crippen LogP contribution in [0.1, 0.15) is 27.7 Å². The van der Waals surface area contributed by atoms with E-state index in [9.17, 15) is 14.7 Å². The Morgan fingerprint density at radius 3 is 1.73 bits per heavy atom. The van der Waals surface area contributed by atoms with Gasteiger partial charge in [0.05, 0.1) is 7.11 Å². The molecule has 0 bridgehead atoms. The summed E-state index contributed by atoms with van der Waals surface area (Å²) in [5.74, 6) is -1.69. The van der Waals surface area contributed by atoms with Crippen molar-refractivity contribution in [2.75, 3.05) is 7.11 Å². The number of hydroxylamine groups is 1. The molecule has 1 saturated carbocycles. The molecule has 0 atom stereocenters. The molecule has 1 aliphatic rings. The number of amides is 1. The molecule has 2 N–H and O–H groups in total. The van der Waals surface area contributed by atoms with E-state index >= 15 is 0 Å². The van der Waals surface area contributed by atoms with Gasteiger partial charge >= 0.3 is 5.97 Å². The molecule has 0 aliphatic heterocycles. The van der Waals surface area contributed by atoms with Gasteiger partial charge in [-0.05, 0) is 10.8 Å². The number of carbonyl (C=O) groups excluding carboxylic acids is 1. The van der Waals surface area contributed by atoms with Crippen molar-refractivity contribution in [2.45, 2.75) is 27.7 Å². The maximum absolute atomic E-state index is 11.8. The molecule has 0 unspecified atom stereocenters. The molecule has 1 rings (SSSR count). The number of carboxylic acids is 1. The van der Waals surface area contributed by atoms with Gasteiger partial charge in [-0.25, -0.2) is 5.48 Å². The average Bonchev–Trinajstić information content (AvgIpc) is 2.39. The van der Waals surface area contributed by atoms with Crippen LogP contribution in [-0.4, -0.2) is 24.1 Å². The van der Waals surface area contributed by atoms with Gasteiger partial charge < -0.3 is 5.11 Å². The average molecular weight is 215 g/mol. The standard InChI is InChI=1S/C10H17NO4/c1-8(2)9(3,4)10(8,7(13)14)6(12)11-15-5/h1-5H3,(H,11,12)(H,13,14). The van der Waals surface area contributed by atoms with Crippen LogP contribution in [0, 0.1) is 16.2 Å². The van der Waals surface area contributed by atoms with E-state index in [4.69, 9.17) is 0 Å². The number of carbonyl (C=O) groups is 2. The lowest BCUT2D eigenvalue weighted by Crippen LogP contribution is -2.41. The Hall–Kier alpha value is -1.10. The third-order valence-corrected chi connectivity index (χ3v) is 4.23. The van der Waals surface area contributed by atoms with E-state index in [1.807, 2.05) is 0 Å². The first kappa shape index (κ1) is 12.0. The molecule has 0 saturated heterocycles. The first-order valence-corrected chi connectivity index (χ1v) is 4.74. The van der Waals surface area contributed by atoms with Crippen molar-refractivity contribution in [3.05, 3.63) is 0 Å². The van der Waals surface area contributed by atoms with E-state index in [0.717, 1.165) is 0 Å². The van der Waals surface area contributed by atoms with Gasteiger partial charge in [-0.1, -0.05) is 27.7 Å². The second-order valence-electron chi connectivity index (χ2n) is 4.94. The number of hydrogen-bond acceptors (Lipinski definition) is 3. The first-order valence-electron chi connectivity index (χ1n) is 4.74. The Balaban J connectivity index is 3.17. The molecule has 86 valence electrons. The zero-order chi connectivity index (χ0) is 12.1. The summed E-state index contributed by atoms with van der Waals surface area (Å²) in [6, 6.07) is 0. The molecule has 1 aliphatic carbocycles. The first-order chi connectivity index (χ1) is 6.67. The van der Waals surface area contributed by atoms with Crippen LogP contribution in [0.25, 0.3) is 0 Å². The van der Waals surface area contributed by atoms with Crippen molar-refractivity contribution >= 4 is 11.9 Å². The number of carboxylic acid groups (broad SMARTS) is 1. The van der Waals surface area contributed by atoms with Crippen LogP contribution in [-0.2, 0) is 14.4 Å². The summed E-state index contributed by atoms with van der Waals surface area (Å²) in [4.78, 5) is 27.6. The Morgan fingerprint density at radius 1 is 1.13 bits per heavy atom. The van der Waals surface area contributed by atoms with E-state index in [-0.39, 0.29) is 0 Å². The molecule has 0 radical (unpaired) electrons. The molecule has 0 aromatic carbocycles. The van der Waals surface area contributed by atoms with E-state index in [1.165, 1.54) is 7.11 Å². The summed E-state index contributed by atoms with van der Waals surface area (Å²) in [7, 11) is 1.29. The summed E-state index contributed by atoms with van der Waals surface area (Å²) in [5, 5.41) is 9.26. The van der Waals surface area contributed by atoms with Crippen LogP contribution >= 0.6 is 0 Å². The third kappa shape index (κ3) is 1.01. The smallest absolute Gasteiger partial charge is 0.320 e. The second-order valence-corrected chi connectivity index (χ2v) is 4.94. The molecule has 5 heteroatoms. The Morgan fingerprint density at radius 2 is 1.53 bits per heavy atom. The SMILES string of the molecule is CONC(=O)C1(C(=O)O)C(C)(C)C1(C)C. The molecule has 0 spiro atoms. The predicted octanol–water partition coefficient (Wildman–Crippen LogP) is 0.801. The molecular formula is C10H17NO4. The lowest BCUT2D eigenvalue weighted by Gasteiger charge is -2.14. The van der Waals surface area contributed by atoms with Crippen molar-refractivity contribution in [1.82, 2.24) is 5.48 Å². The summed E-state index contributed by atoms with van der Waals surface area (Å²) in [6.07, 6.45) is 0. The number of aliphatic carboxylic acids is 1. The molecular weight excluding hydrogens is 198 g/mol. The van der Waals surface area contributed by atoms with Crippen molar-refractivity contribution in [2.24, 2.45) is 16.2 Å².